The molecule has 1 aromatic carbocycles. The van der Waals surface area contributed by atoms with E-state index < -0.39 is 0 Å². The van der Waals surface area contributed by atoms with Crippen LogP contribution in [0.15, 0.2) is 18.2 Å². The molecule has 0 fully saturated rings. The molecule has 0 aliphatic heterocycles. The van der Waals surface area contributed by atoms with E-state index in [1.165, 1.54) is 5.56 Å². The first-order valence-corrected chi connectivity index (χ1v) is 4.90. The van der Waals surface area contributed by atoms with Gasteiger partial charge in [0.1, 0.15) is 0 Å². The molecule has 2 aromatic rings. The molecule has 1 heterocycles. The second kappa shape index (κ2) is 2.47. The Morgan fingerprint density at radius 1 is 1.29 bits per heavy atom. The van der Waals surface area contributed by atoms with E-state index in [4.69, 9.17) is 0 Å². The predicted molar refractivity (Wildman–Crippen MR) is 55.7 cm³/mol. The van der Waals surface area contributed by atoms with Crippen molar-refractivity contribution in [3.63, 3.8) is 0 Å². The highest BCUT2D eigenvalue weighted by molar-refractivity contribution is 6.11. The fourth-order valence-corrected chi connectivity index (χ4v) is 2.23. The van der Waals surface area contributed by atoms with Gasteiger partial charge in [-0.3, -0.25) is 4.79 Å². The van der Waals surface area contributed by atoms with Crippen LogP contribution in [0.5, 0.6) is 0 Å². The van der Waals surface area contributed by atoms with Crippen LogP contribution in [0, 0.1) is 6.92 Å². The van der Waals surface area contributed by atoms with Gasteiger partial charge in [0, 0.05) is 28.6 Å². The molecule has 1 N–H and O–H groups in total. The molecule has 0 atom stereocenters. The van der Waals surface area contributed by atoms with Crippen LogP contribution in [0.1, 0.15) is 28.0 Å². The summed E-state index contributed by atoms with van der Waals surface area (Å²) in [4.78, 5) is 14.9. The van der Waals surface area contributed by atoms with Gasteiger partial charge in [-0.15, -0.1) is 0 Å². The highest BCUT2D eigenvalue weighted by Gasteiger charge is 2.24. The average Bonchev–Trinajstić information content (AvgIpc) is 2.67. The van der Waals surface area contributed by atoms with Crippen LogP contribution in [0.2, 0.25) is 0 Å². The number of carbonyl (C=O) groups is 1. The zero-order chi connectivity index (χ0) is 9.71. The molecule has 70 valence electrons. The molecule has 1 aliphatic carbocycles. The van der Waals surface area contributed by atoms with E-state index in [-0.39, 0.29) is 5.78 Å². The lowest BCUT2D eigenvalue weighted by molar-refractivity contribution is 0.0996. The molecule has 0 unspecified atom stereocenters. The van der Waals surface area contributed by atoms with Crippen molar-refractivity contribution in [1.29, 1.82) is 0 Å². The molecule has 3 rings (SSSR count). The quantitative estimate of drug-likeness (QED) is 0.672. The van der Waals surface area contributed by atoms with E-state index in [0.29, 0.717) is 6.42 Å². The number of carbonyl (C=O) groups excluding carboxylic acids is 1. The van der Waals surface area contributed by atoms with Crippen molar-refractivity contribution in [2.45, 2.75) is 19.8 Å². The minimum Gasteiger partial charge on any atom is -0.358 e. The Bertz CT molecular complexity index is 536. The maximum absolute atomic E-state index is 11.6. The van der Waals surface area contributed by atoms with Gasteiger partial charge in [-0.1, -0.05) is 11.6 Å². The van der Waals surface area contributed by atoms with Crippen LogP contribution in [-0.2, 0) is 6.42 Å². The maximum atomic E-state index is 11.6. The standard InChI is InChI=1S/C12H11NO/c1-7-2-3-9-8(6-7)12-10(13-9)4-5-11(12)14/h2-3,6,13H,4-5H2,1H3. The van der Waals surface area contributed by atoms with Crippen molar-refractivity contribution in [2.24, 2.45) is 0 Å². The van der Waals surface area contributed by atoms with Crippen molar-refractivity contribution >= 4 is 16.7 Å². The van der Waals surface area contributed by atoms with Gasteiger partial charge in [0.25, 0.3) is 0 Å². The number of fused-ring (bicyclic) bond motifs is 3. The van der Waals surface area contributed by atoms with E-state index in [0.717, 1.165) is 28.6 Å². The zero-order valence-electron chi connectivity index (χ0n) is 8.05. The Hall–Kier alpha value is -1.57. The topological polar surface area (TPSA) is 32.9 Å². The van der Waals surface area contributed by atoms with Crippen molar-refractivity contribution < 1.29 is 4.79 Å². The third-order valence-corrected chi connectivity index (χ3v) is 2.91. The fourth-order valence-electron chi connectivity index (χ4n) is 2.23. The largest absolute Gasteiger partial charge is 0.358 e. The summed E-state index contributed by atoms with van der Waals surface area (Å²) in [6.45, 7) is 2.05. The number of aryl methyl sites for hydroxylation is 2. The third kappa shape index (κ3) is 0.882. The molecule has 1 aliphatic rings. The molecule has 2 heteroatoms. The minimum atomic E-state index is 0.289. The van der Waals surface area contributed by atoms with Crippen molar-refractivity contribution in [1.82, 2.24) is 4.98 Å². The van der Waals surface area contributed by atoms with Gasteiger partial charge in [0.2, 0.25) is 0 Å². The highest BCUT2D eigenvalue weighted by atomic mass is 16.1. The Labute approximate surface area is 81.9 Å². The van der Waals surface area contributed by atoms with E-state index >= 15 is 0 Å². The number of Topliss-reactive ketones (excluding diaryl/α,β-unsaturated/α-hetero) is 1. The molecule has 0 saturated heterocycles. The zero-order valence-corrected chi connectivity index (χ0v) is 8.05. The van der Waals surface area contributed by atoms with Crippen molar-refractivity contribution in [3.8, 4) is 0 Å². The minimum absolute atomic E-state index is 0.289. The van der Waals surface area contributed by atoms with Gasteiger partial charge < -0.3 is 4.98 Å². The molecule has 0 spiro atoms. The van der Waals surface area contributed by atoms with Gasteiger partial charge in [0.05, 0.1) is 0 Å². The number of hydrogen-bond donors (Lipinski definition) is 1. The molecular weight excluding hydrogens is 174 g/mol. The molecule has 0 amide bonds. The number of ketones is 1. The summed E-state index contributed by atoms with van der Waals surface area (Å²) in [5, 5.41) is 1.10. The maximum Gasteiger partial charge on any atom is 0.165 e. The second-order valence-electron chi connectivity index (χ2n) is 3.95. The summed E-state index contributed by atoms with van der Waals surface area (Å²) in [7, 11) is 0. The SMILES string of the molecule is Cc1ccc2[nH]c3c(c2c1)C(=O)CC3. The van der Waals surface area contributed by atoms with Crippen LogP contribution < -0.4 is 0 Å². The Balaban J connectivity index is 2.43. The van der Waals surface area contributed by atoms with Crippen LogP contribution in [-0.4, -0.2) is 10.8 Å². The third-order valence-electron chi connectivity index (χ3n) is 2.91. The highest BCUT2D eigenvalue weighted by Crippen LogP contribution is 2.30. The van der Waals surface area contributed by atoms with Crippen molar-refractivity contribution in [3.05, 3.63) is 35.0 Å². The van der Waals surface area contributed by atoms with Gasteiger partial charge in [-0.25, -0.2) is 0 Å². The van der Waals surface area contributed by atoms with Crippen LogP contribution in [0.3, 0.4) is 0 Å². The first-order valence-electron chi connectivity index (χ1n) is 4.90. The summed E-state index contributed by atoms with van der Waals surface area (Å²) in [5.41, 5.74) is 4.35. The van der Waals surface area contributed by atoms with Crippen molar-refractivity contribution in [2.75, 3.05) is 0 Å². The average molecular weight is 185 g/mol. The second-order valence-corrected chi connectivity index (χ2v) is 3.95. The number of H-pyrrole nitrogens is 1. The molecule has 0 saturated carbocycles. The normalized spacial score (nSPS) is 15.1. The molecule has 1 aromatic heterocycles. The summed E-state index contributed by atoms with van der Waals surface area (Å²) in [6.07, 6.45) is 1.55. The molecule has 0 radical (unpaired) electrons. The van der Waals surface area contributed by atoms with Gasteiger partial charge >= 0.3 is 0 Å². The smallest absolute Gasteiger partial charge is 0.165 e. The summed E-state index contributed by atoms with van der Waals surface area (Å²) in [6, 6.07) is 6.21. The molecule has 2 nitrogen and oxygen atoms in total. The van der Waals surface area contributed by atoms with E-state index in [1.807, 2.05) is 0 Å². The Kier molecular flexibility index (Phi) is 1.38. The monoisotopic (exact) mass is 185 g/mol. The number of nitrogens with one attached hydrogen (secondary N) is 1. The summed E-state index contributed by atoms with van der Waals surface area (Å²) < 4.78 is 0. The molecule has 0 bridgehead atoms. The fraction of sp³-hybridized carbons (Fsp3) is 0.250. The number of aromatic nitrogens is 1. The van der Waals surface area contributed by atoms with E-state index in [1.54, 1.807) is 0 Å². The number of rotatable bonds is 0. The van der Waals surface area contributed by atoms with Gasteiger partial charge in [-0.2, -0.15) is 0 Å². The first kappa shape index (κ1) is 7.80. The molecule has 14 heavy (non-hydrogen) atoms. The number of aromatic amines is 1. The van der Waals surface area contributed by atoms with Crippen LogP contribution in [0.25, 0.3) is 10.9 Å². The molecular formula is C12H11NO. The lowest BCUT2D eigenvalue weighted by Gasteiger charge is -1.95. The van der Waals surface area contributed by atoms with Crippen LogP contribution in [0.4, 0.5) is 0 Å². The summed E-state index contributed by atoms with van der Waals surface area (Å²) in [5.74, 6) is 0.289. The number of benzene rings is 1. The Morgan fingerprint density at radius 2 is 2.14 bits per heavy atom. The van der Waals surface area contributed by atoms with E-state index in [9.17, 15) is 4.79 Å². The lowest BCUT2D eigenvalue weighted by atomic mass is 10.1. The van der Waals surface area contributed by atoms with E-state index in [2.05, 4.69) is 30.1 Å². The number of hydrogen-bond acceptors (Lipinski definition) is 1. The van der Waals surface area contributed by atoms with Gasteiger partial charge in [-0.05, 0) is 25.5 Å². The predicted octanol–water partition coefficient (Wildman–Crippen LogP) is 2.61. The lowest BCUT2D eigenvalue weighted by Crippen LogP contribution is -1.89. The van der Waals surface area contributed by atoms with Gasteiger partial charge in [0.15, 0.2) is 5.78 Å². The first-order chi connectivity index (χ1) is 6.75. The summed E-state index contributed by atoms with van der Waals surface area (Å²) >= 11 is 0. The van der Waals surface area contributed by atoms with Crippen LogP contribution >= 0.6 is 0 Å². The Morgan fingerprint density at radius 3 is 3.00 bits per heavy atom.